The zero-order valence-electron chi connectivity index (χ0n) is 30.2. The molecule has 0 spiro atoms. The van der Waals surface area contributed by atoms with Crippen LogP contribution < -0.4 is 5.32 Å². The highest BCUT2D eigenvalue weighted by Crippen LogP contribution is 2.77. The Bertz CT molecular complexity index is 1320. The number of hydrogen-bond donors (Lipinski definition) is 1. The molecular formula is C40H61NO5. The molecule has 6 aliphatic rings. The molecule has 1 amide bonds. The molecule has 46 heavy (non-hydrogen) atoms. The fraction of sp³-hybridized carbons (Fsp3) is 0.825. The van der Waals surface area contributed by atoms with E-state index < -0.39 is 5.60 Å². The van der Waals surface area contributed by atoms with Crippen molar-refractivity contribution >= 4 is 18.3 Å². The van der Waals surface area contributed by atoms with E-state index in [4.69, 9.17) is 9.47 Å². The minimum absolute atomic E-state index is 0.0150. The zero-order chi connectivity index (χ0) is 33.5. The van der Waals surface area contributed by atoms with Crippen LogP contribution in [0, 0.1) is 50.7 Å². The van der Waals surface area contributed by atoms with Gasteiger partial charge in [-0.3, -0.25) is 9.59 Å². The molecule has 4 saturated carbocycles. The van der Waals surface area contributed by atoms with E-state index in [1.807, 2.05) is 27.7 Å². The molecule has 6 nitrogen and oxygen atoms in total. The monoisotopic (exact) mass is 635 g/mol. The summed E-state index contributed by atoms with van der Waals surface area (Å²) in [4.78, 5) is 37.6. The molecule has 10 atom stereocenters. The molecule has 0 radical (unpaired) electrons. The van der Waals surface area contributed by atoms with Crippen molar-refractivity contribution in [3.05, 3.63) is 23.3 Å². The van der Waals surface area contributed by atoms with Crippen molar-refractivity contribution in [3.8, 4) is 0 Å². The number of carbonyl (C=O) groups is 3. The highest BCUT2D eigenvalue weighted by Gasteiger charge is 2.71. The first kappa shape index (κ1) is 33.8. The number of carbonyl (C=O) groups excluding carboxylic acids is 3. The number of allylic oxidation sites excluding steroid dienone is 3. The lowest BCUT2D eigenvalue weighted by atomic mass is 9.32. The van der Waals surface area contributed by atoms with Crippen LogP contribution in [0.15, 0.2) is 23.3 Å². The molecule has 0 saturated heterocycles. The first-order valence-electron chi connectivity index (χ1n) is 18.4. The Morgan fingerprint density at radius 2 is 1.63 bits per heavy atom. The third-order valence-corrected chi connectivity index (χ3v) is 15.4. The number of nitrogens with one attached hydrogen (secondary N) is 1. The van der Waals surface area contributed by atoms with Gasteiger partial charge in [0.05, 0.1) is 0 Å². The topological polar surface area (TPSA) is 81.7 Å². The van der Waals surface area contributed by atoms with Gasteiger partial charge in [0, 0.05) is 17.9 Å². The van der Waals surface area contributed by atoms with Gasteiger partial charge in [0.25, 0.3) is 6.47 Å². The van der Waals surface area contributed by atoms with Crippen molar-refractivity contribution in [3.63, 3.8) is 0 Å². The lowest BCUT2D eigenvalue weighted by Crippen LogP contribution is -2.66. The number of fused-ring (bicyclic) bond motifs is 7. The summed E-state index contributed by atoms with van der Waals surface area (Å²) in [6, 6.07) is -0.0187. The first-order chi connectivity index (χ1) is 21.4. The van der Waals surface area contributed by atoms with Crippen LogP contribution in [0.25, 0.3) is 0 Å². The van der Waals surface area contributed by atoms with Gasteiger partial charge in [0.2, 0.25) is 0 Å². The van der Waals surface area contributed by atoms with E-state index in [1.54, 1.807) is 0 Å². The molecule has 0 aliphatic heterocycles. The summed E-state index contributed by atoms with van der Waals surface area (Å²) in [5.41, 5.74) is 2.71. The fourth-order valence-electron chi connectivity index (χ4n) is 13.2. The SMILES string of the molecule is CC(=O)[C@]12CC[C@@H](NC(=O)OC(C)(C)C)[C@@H]1[C@H]1CC[C@@H]3[C@@]4(C)CC=C(C5=CCC(OC=O)CC5)C(C)(C)[C@@H]4CC[C@@]3(C)[C@]1(C)CC2. The number of amides is 1. The Labute approximate surface area is 278 Å². The van der Waals surface area contributed by atoms with Crippen LogP contribution >= 0.6 is 0 Å². The van der Waals surface area contributed by atoms with Crippen LogP contribution in [-0.2, 0) is 19.1 Å². The van der Waals surface area contributed by atoms with Gasteiger partial charge in [0.1, 0.15) is 17.5 Å². The molecule has 6 rings (SSSR count). The average Bonchev–Trinajstić information content (AvgIpc) is 3.32. The lowest BCUT2D eigenvalue weighted by Gasteiger charge is -2.72. The van der Waals surface area contributed by atoms with Crippen molar-refractivity contribution in [2.45, 2.75) is 157 Å². The Morgan fingerprint density at radius 3 is 2.26 bits per heavy atom. The normalized spacial score (nSPS) is 44.6. The van der Waals surface area contributed by atoms with Crippen molar-refractivity contribution in [1.29, 1.82) is 0 Å². The Morgan fingerprint density at radius 1 is 0.891 bits per heavy atom. The maximum absolute atomic E-state index is 13.5. The third kappa shape index (κ3) is 4.96. The van der Waals surface area contributed by atoms with Gasteiger partial charge in [-0.25, -0.2) is 4.79 Å². The average molecular weight is 636 g/mol. The standard InChI is InChI=1S/C40H61NO5/c1-25(43)40-21-17-30(41-34(44)46-35(2,3)4)33(40)29-14-15-32-37(7)19-16-28(26-10-12-27(13-11-26)45-24-42)36(5,6)31(37)18-20-39(32,9)38(29,8)22-23-40/h10,16,24,27,29-33H,11-15,17-23H2,1-9H3,(H,41,44)/t27?,29-,30-,31+,32-,33+,37+,38-,39-,40-/m1/s1. The molecule has 6 aliphatic carbocycles. The quantitative estimate of drug-likeness (QED) is 0.305. The van der Waals surface area contributed by atoms with Crippen LogP contribution in [0.2, 0.25) is 0 Å². The van der Waals surface area contributed by atoms with E-state index in [1.165, 1.54) is 30.4 Å². The summed E-state index contributed by atoms with van der Waals surface area (Å²) in [5.74, 6) is 2.12. The minimum atomic E-state index is -0.552. The second-order valence-electron chi connectivity index (χ2n) is 18.6. The predicted molar refractivity (Wildman–Crippen MR) is 181 cm³/mol. The molecule has 0 bridgehead atoms. The zero-order valence-corrected chi connectivity index (χ0v) is 30.2. The van der Waals surface area contributed by atoms with E-state index >= 15 is 0 Å². The summed E-state index contributed by atoms with van der Waals surface area (Å²) < 4.78 is 11.0. The number of Topliss-reactive ketones (excluding diaryl/α,β-unsaturated/α-hetero) is 1. The Kier molecular flexibility index (Phi) is 8.24. The largest absolute Gasteiger partial charge is 0.464 e. The molecular weight excluding hydrogens is 574 g/mol. The molecule has 4 fully saturated rings. The van der Waals surface area contributed by atoms with E-state index in [0.717, 1.165) is 57.8 Å². The van der Waals surface area contributed by atoms with E-state index in [2.05, 4.69) is 52.1 Å². The second kappa shape index (κ2) is 11.2. The van der Waals surface area contributed by atoms with E-state index in [0.29, 0.717) is 30.0 Å². The van der Waals surface area contributed by atoms with Gasteiger partial charge in [-0.2, -0.15) is 0 Å². The van der Waals surface area contributed by atoms with Crippen LogP contribution in [0.3, 0.4) is 0 Å². The summed E-state index contributed by atoms with van der Waals surface area (Å²) in [7, 11) is 0. The Balaban J connectivity index is 1.30. The van der Waals surface area contributed by atoms with Gasteiger partial charge in [-0.05, 0) is 155 Å². The molecule has 1 N–H and O–H groups in total. The third-order valence-electron chi connectivity index (χ3n) is 15.4. The maximum Gasteiger partial charge on any atom is 0.407 e. The number of ether oxygens (including phenoxy) is 2. The van der Waals surface area contributed by atoms with Gasteiger partial charge in [-0.1, -0.05) is 46.8 Å². The van der Waals surface area contributed by atoms with Crippen molar-refractivity contribution in [2.24, 2.45) is 50.7 Å². The summed E-state index contributed by atoms with van der Waals surface area (Å²) in [5, 5.41) is 3.31. The second-order valence-corrected chi connectivity index (χ2v) is 18.6. The predicted octanol–water partition coefficient (Wildman–Crippen LogP) is 9.12. The number of ketones is 1. The molecule has 6 heteroatoms. The molecule has 0 aromatic heterocycles. The highest BCUT2D eigenvalue weighted by atomic mass is 16.6. The lowest BCUT2D eigenvalue weighted by molar-refractivity contribution is -0.224. The summed E-state index contributed by atoms with van der Waals surface area (Å²) >= 11 is 0. The number of alkyl carbamates (subject to hydrolysis) is 1. The van der Waals surface area contributed by atoms with Gasteiger partial charge >= 0.3 is 6.09 Å². The molecule has 0 heterocycles. The molecule has 0 aromatic carbocycles. The summed E-state index contributed by atoms with van der Waals surface area (Å²) in [6.45, 7) is 21.0. The van der Waals surface area contributed by atoms with E-state index in [9.17, 15) is 14.4 Å². The van der Waals surface area contributed by atoms with Crippen molar-refractivity contribution in [2.75, 3.05) is 0 Å². The van der Waals surface area contributed by atoms with Crippen molar-refractivity contribution in [1.82, 2.24) is 5.32 Å². The van der Waals surface area contributed by atoms with Gasteiger partial charge in [-0.15, -0.1) is 0 Å². The van der Waals surface area contributed by atoms with Crippen LogP contribution in [0.5, 0.6) is 0 Å². The smallest absolute Gasteiger partial charge is 0.407 e. The molecule has 0 aromatic rings. The van der Waals surface area contributed by atoms with Crippen LogP contribution in [-0.4, -0.2) is 36.1 Å². The Hall–Kier alpha value is -2.11. The minimum Gasteiger partial charge on any atom is -0.464 e. The maximum atomic E-state index is 13.5. The van der Waals surface area contributed by atoms with Crippen molar-refractivity contribution < 1.29 is 23.9 Å². The van der Waals surface area contributed by atoms with Gasteiger partial charge in [0.15, 0.2) is 0 Å². The fourth-order valence-corrected chi connectivity index (χ4v) is 13.2. The summed E-state index contributed by atoms with van der Waals surface area (Å²) in [6.07, 6.45) is 17.0. The van der Waals surface area contributed by atoms with E-state index in [-0.39, 0.29) is 51.2 Å². The van der Waals surface area contributed by atoms with Gasteiger partial charge < -0.3 is 14.8 Å². The molecule has 256 valence electrons. The van der Waals surface area contributed by atoms with Crippen LogP contribution in [0.1, 0.15) is 139 Å². The molecule has 1 unspecified atom stereocenters. The van der Waals surface area contributed by atoms with Crippen LogP contribution in [0.4, 0.5) is 4.79 Å². The number of hydrogen-bond acceptors (Lipinski definition) is 5. The highest BCUT2D eigenvalue weighted by molar-refractivity contribution is 5.84. The number of rotatable bonds is 5. The first-order valence-corrected chi connectivity index (χ1v) is 18.4.